The maximum atomic E-state index is 11.9. The Morgan fingerprint density at radius 1 is 1.38 bits per heavy atom. The summed E-state index contributed by atoms with van der Waals surface area (Å²) in [4.78, 5) is 23.7. The highest BCUT2D eigenvalue weighted by Crippen LogP contribution is 2.21. The molecule has 0 aliphatic heterocycles. The summed E-state index contributed by atoms with van der Waals surface area (Å²) < 4.78 is 5.18. The molecule has 2 aromatic rings. The highest BCUT2D eigenvalue weighted by atomic mass is 32.1. The van der Waals surface area contributed by atoms with Crippen LogP contribution in [0.1, 0.15) is 17.0 Å². The molecule has 128 valence electrons. The van der Waals surface area contributed by atoms with Crippen LogP contribution >= 0.6 is 11.3 Å². The number of ether oxygens (including phenoxy) is 1. The molecule has 0 atom stereocenters. The fourth-order valence-corrected chi connectivity index (χ4v) is 2.65. The van der Waals surface area contributed by atoms with Crippen molar-refractivity contribution >= 4 is 28.5 Å². The van der Waals surface area contributed by atoms with Crippen LogP contribution in [0.2, 0.25) is 0 Å². The number of hydrogen-bond donors (Lipinski definition) is 2. The number of nitrogens with one attached hydrogen (secondary N) is 1. The third-order valence-corrected chi connectivity index (χ3v) is 4.02. The van der Waals surface area contributed by atoms with E-state index in [1.54, 1.807) is 7.11 Å². The van der Waals surface area contributed by atoms with Gasteiger partial charge >= 0.3 is 12.0 Å². The van der Waals surface area contributed by atoms with Gasteiger partial charge in [0.05, 0.1) is 13.5 Å². The Hall–Kier alpha value is -2.68. The predicted molar refractivity (Wildman–Crippen MR) is 89.6 cm³/mol. The first kappa shape index (κ1) is 17.7. The number of urea groups is 1. The molecular weight excluding hydrogens is 332 g/mol. The quantitative estimate of drug-likeness (QED) is 0.792. The van der Waals surface area contributed by atoms with Gasteiger partial charge in [-0.3, -0.25) is 10.1 Å². The highest BCUT2D eigenvalue weighted by molar-refractivity contribution is 7.15. The van der Waals surface area contributed by atoms with Gasteiger partial charge in [-0.15, -0.1) is 10.2 Å². The van der Waals surface area contributed by atoms with E-state index in [1.807, 2.05) is 24.3 Å². The Kier molecular flexibility index (Phi) is 6.07. The SMILES string of the molecule is COc1cccc(Cc2nnc(NC(=O)N(C)CCC(=O)O)s2)c1. The largest absolute Gasteiger partial charge is 0.497 e. The Labute approximate surface area is 143 Å². The van der Waals surface area contributed by atoms with Crippen LogP contribution in [-0.4, -0.2) is 52.9 Å². The number of benzene rings is 1. The minimum Gasteiger partial charge on any atom is -0.497 e. The van der Waals surface area contributed by atoms with E-state index in [2.05, 4.69) is 15.5 Å². The zero-order valence-corrected chi connectivity index (χ0v) is 14.2. The van der Waals surface area contributed by atoms with Gasteiger partial charge in [0.15, 0.2) is 0 Å². The smallest absolute Gasteiger partial charge is 0.323 e. The molecule has 8 nitrogen and oxygen atoms in total. The third kappa shape index (κ3) is 5.20. The van der Waals surface area contributed by atoms with E-state index in [0.717, 1.165) is 16.3 Å². The molecule has 0 fully saturated rings. The normalized spacial score (nSPS) is 10.2. The van der Waals surface area contributed by atoms with Crippen LogP contribution in [0.3, 0.4) is 0 Å². The van der Waals surface area contributed by atoms with Crippen LogP contribution in [-0.2, 0) is 11.2 Å². The monoisotopic (exact) mass is 350 g/mol. The Balaban J connectivity index is 1.92. The van der Waals surface area contributed by atoms with Gasteiger partial charge in [-0.25, -0.2) is 4.79 Å². The summed E-state index contributed by atoms with van der Waals surface area (Å²) in [7, 11) is 3.13. The van der Waals surface area contributed by atoms with Crippen LogP contribution in [0.25, 0.3) is 0 Å². The lowest BCUT2D eigenvalue weighted by Crippen LogP contribution is -2.33. The average Bonchev–Trinajstić information content (AvgIpc) is 2.99. The first-order chi connectivity index (χ1) is 11.5. The zero-order valence-electron chi connectivity index (χ0n) is 13.4. The number of carboxylic acid groups (broad SMARTS) is 1. The summed E-state index contributed by atoms with van der Waals surface area (Å²) in [5, 5.41) is 20.4. The fraction of sp³-hybridized carbons (Fsp3) is 0.333. The van der Waals surface area contributed by atoms with Crippen molar-refractivity contribution in [3.8, 4) is 5.75 Å². The summed E-state index contributed by atoms with van der Waals surface area (Å²) in [5.74, 6) is -0.184. The second-order valence-corrected chi connectivity index (χ2v) is 6.09. The summed E-state index contributed by atoms with van der Waals surface area (Å²) in [6, 6.07) is 7.22. The van der Waals surface area contributed by atoms with Gasteiger partial charge in [0, 0.05) is 20.0 Å². The first-order valence-corrected chi connectivity index (χ1v) is 7.99. The standard InChI is InChI=1S/C15H18N4O4S/c1-19(7-6-13(20)21)15(22)16-14-18-17-12(24-14)9-10-4-3-5-11(8-10)23-2/h3-5,8H,6-7,9H2,1-2H3,(H,20,21)(H,16,18,22). The molecule has 2 amide bonds. The molecule has 1 aromatic carbocycles. The zero-order chi connectivity index (χ0) is 17.5. The number of anilines is 1. The molecule has 0 bridgehead atoms. The lowest BCUT2D eigenvalue weighted by atomic mass is 10.1. The number of nitrogens with zero attached hydrogens (tertiary/aromatic N) is 3. The molecule has 0 unspecified atom stereocenters. The van der Waals surface area contributed by atoms with Crippen LogP contribution in [0.5, 0.6) is 5.75 Å². The molecule has 0 aliphatic carbocycles. The van der Waals surface area contributed by atoms with E-state index < -0.39 is 12.0 Å². The van der Waals surface area contributed by atoms with Crippen molar-refractivity contribution in [1.82, 2.24) is 15.1 Å². The number of hydrogen-bond acceptors (Lipinski definition) is 6. The van der Waals surface area contributed by atoms with Gasteiger partial charge in [-0.05, 0) is 17.7 Å². The van der Waals surface area contributed by atoms with Crippen molar-refractivity contribution in [2.24, 2.45) is 0 Å². The van der Waals surface area contributed by atoms with Crippen LogP contribution in [0.15, 0.2) is 24.3 Å². The average molecular weight is 350 g/mol. The number of aliphatic carboxylic acids is 1. The number of carboxylic acids is 1. The first-order valence-electron chi connectivity index (χ1n) is 7.17. The summed E-state index contributed by atoms with van der Waals surface area (Å²) in [5.41, 5.74) is 1.03. The van der Waals surface area contributed by atoms with E-state index in [0.29, 0.717) is 11.6 Å². The number of aromatic nitrogens is 2. The van der Waals surface area contributed by atoms with Gasteiger partial charge in [0.1, 0.15) is 10.8 Å². The van der Waals surface area contributed by atoms with Crippen molar-refractivity contribution in [2.75, 3.05) is 26.0 Å². The highest BCUT2D eigenvalue weighted by Gasteiger charge is 2.13. The number of carbonyl (C=O) groups is 2. The van der Waals surface area contributed by atoms with Gasteiger partial charge in [0.2, 0.25) is 5.13 Å². The van der Waals surface area contributed by atoms with Gasteiger partial charge in [-0.2, -0.15) is 0 Å². The molecule has 2 rings (SSSR count). The number of methoxy groups -OCH3 is 1. The van der Waals surface area contributed by atoms with Crippen molar-refractivity contribution in [2.45, 2.75) is 12.8 Å². The molecule has 0 spiro atoms. The van der Waals surface area contributed by atoms with Gasteiger partial charge in [0.25, 0.3) is 0 Å². The van der Waals surface area contributed by atoms with Crippen LogP contribution in [0.4, 0.5) is 9.93 Å². The summed E-state index contributed by atoms with van der Waals surface area (Å²) in [6.45, 7) is 0.122. The lowest BCUT2D eigenvalue weighted by Gasteiger charge is -2.15. The summed E-state index contributed by atoms with van der Waals surface area (Å²) in [6.07, 6.45) is 0.473. The van der Waals surface area contributed by atoms with E-state index in [-0.39, 0.29) is 13.0 Å². The molecule has 9 heteroatoms. The van der Waals surface area contributed by atoms with Gasteiger partial charge in [-0.1, -0.05) is 23.5 Å². The molecular formula is C15H18N4O4S. The molecule has 0 aliphatic rings. The topological polar surface area (TPSA) is 105 Å². The Morgan fingerprint density at radius 2 is 2.17 bits per heavy atom. The molecule has 24 heavy (non-hydrogen) atoms. The fourth-order valence-electron chi connectivity index (χ4n) is 1.88. The van der Waals surface area contributed by atoms with Crippen LogP contribution < -0.4 is 10.1 Å². The number of carbonyl (C=O) groups excluding carboxylic acids is 1. The molecule has 0 saturated heterocycles. The predicted octanol–water partition coefficient (Wildman–Crippen LogP) is 2.08. The van der Waals surface area contributed by atoms with Crippen molar-refractivity contribution in [3.63, 3.8) is 0 Å². The lowest BCUT2D eigenvalue weighted by molar-refractivity contribution is -0.137. The van der Waals surface area contributed by atoms with Gasteiger partial charge < -0.3 is 14.7 Å². The van der Waals surface area contributed by atoms with E-state index in [1.165, 1.54) is 23.3 Å². The minimum absolute atomic E-state index is 0.110. The second kappa shape index (κ2) is 8.25. The maximum absolute atomic E-state index is 11.9. The van der Waals surface area contributed by atoms with E-state index in [9.17, 15) is 9.59 Å². The van der Waals surface area contributed by atoms with Crippen molar-refractivity contribution in [3.05, 3.63) is 34.8 Å². The van der Waals surface area contributed by atoms with Crippen molar-refractivity contribution in [1.29, 1.82) is 0 Å². The van der Waals surface area contributed by atoms with Crippen LogP contribution in [0, 0.1) is 0 Å². The Morgan fingerprint density at radius 3 is 2.88 bits per heavy atom. The second-order valence-electron chi connectivity index (χ2n) is 5.02. The Bertz CT molecular complexity index is 719. The minimum atomic E-state index is -0.953. The maximum Gasteiger partial charge on any atom is 0.323 e. The molecule has 0 saturated carbocycles. The van der Waals surface area contributed by atoms with E-state index in [4.69, 9.17) is 9.84 Å². The molecule has 0 radical (unpaired) electrons. The van der Waals surface area contributed by atoms with Crippen molar-refractivity contribution < 1.29 is 19.4 Å². The third-order valence-electron chi connectivity index (χ3n) is 3.18. The molecule has 2 N–H and O–H groups in total. The summed E-state index contributed by atoms with van der Waals surface area (Å²) >= 11 is 1.27. The van der Waals surface area contributed by atoms with E-state index >= 15 is 0 Å². The number of rotatable bonds is 7. The molecule has 1 heterocycles. The molecule has 1 aromatic heterocycles. The number of amides is 2.